The van der Waals surface area contributed by atoms with Gasteiger partial charge < -0.3 is 9.80 Å². The molecule has 8 heteroatoms. The molecule has 156 valence electrons. The van der Waals surface area contributed by atoms with Crippen molar-refractivity contribution in [1.29, 1.82) is 0 Å². The summed E-state index contributed by atoms with van der Waals surface area (Å²) in [4.78, 5) is 43.2. The number of nitrogens with zero attached hydrogens (tertiary/aromatic N) is 4. The number of fused-ring (bicyclic) bond motifs is 1. The van der Waals surface area contributed by atoms with Crippen molar-refractivity contribution in [1.82, 2.24) is 18.9 Å². The molecule has 0 radical (unpaired) electrons. The number of halogens is 1. The van der Waals surface area contributed by atoms with Crippen molar-refractivity contribution in [3.63, 3.8) is 0 Å². The van der Waals surface area contributed by atoms with Crippen molar-refractivity contribution in [2.24, 2.45) is 0 Å². The molecule has 1 aromatic heterocycles. The Hall–Kier alpha value is -3.26. The van der Waals surface area contributed by atoms with Crippen LogP contribution in [0.15, 0.2) is 58.1 Å². The van der Waals surface area contributed by atoms with E-state index in [4.69, 9.17) is 0 Å². The first-order valence-electron chi connectivity index (χ1n) is 10.0. The normalized spacial score (nSPS) is 14.9. The fourth-order valence-corrected chi connectivity index (χ4v) is 3.87. The molecule has 1 saturated heterocycles. The Labute approximate surface area is 172 Å². The van der Waals surface area contributed by atoms with Gasteiger partial charge in [-0.2, -0.15) is 0 Å². The third kappa shape index (κ3) is 3.54. The predicted molar refractivity (Wildman–Crippen MR) is 112 cm³/mol. The summed E-state index contributed by atoms with van der Waals surface area (Å²) in [5, 5.41) is 0.254. The molecule has 1 aliphatic rings. The number of benzene rings is 2. The average molecular weight is 410 g/mol. The monoisotopic (exact) mass is 410 g/mol. The summed E-state index contributed by atoms with van der Waals surface area (Å²) >= 11 is 0. The Bertz CT molecular complexity index is 1210. The maximum Gasteiger partial charge on any atom is 0.336 e. The average Bonchev–Trinajstić information content (AvgIpc) is 2.78. The van der Waals surface area contributed by atoms with Gasteiger partial charge in [0.1, 0.15) is 12.4 Å². The number of hydrogen-bond acceptors (Lipinski definition) is 4. The second-order valence-corrected chi connectivity index (χ2v) is 7.29. The molecule has 1 amide bonds. The summed E-state index contributed by atoms with van der Waals surface area (Å²) in [6, 6.07) is 12.2. The molecule has 0 saturated carbocycles. The van der Waals surface area contributed by atoms with Crippen molar-refractivity contribution < 1.29 is 9.18 Å². The third-order valence-corrected chi connectivity index (χ3v) is 5.61. The van der Waals surface area contributed by atoms with Crippen LogP contribution in [0.1, 0.15) is 6.92 Å². The summed E-state index contributed by atoms with van der Waals surface area (Å²) in [6.07, 6.45) is 0. The van der Waals surface area contributed by atoms with E-state index >= 15 is 0 Å². The molecule has 0 spiro atoms. The molecule has 0 atom stereocenters. The molecule has 0 bridgehead atoms. The maximum atomic E-state index is 14.4. The van der Waals surface area contributed by atoms with Crippen LogP contribution in [0.3, 0.4) is 0 Å². The Kier molecular flexibility index (Phi) is 5.50. The second-order valence-electron chi connectivity index (χ2n) is 7.29. The highest BCUT2D eigenvalue weighted by atomic mass is 19.1. The number of likely N-dealkylation sites (N-methyl/N-ethyl adjacent to an activating group) is 1. The first kappa shape index (κ1) is 20.0. The molecular formula is C22H23FN4O3. The fourth-order valence-electron chi connectivity index (χ4n) is 3.87. The number of amides is 1. The number of para-hydroxylation sites is 2. The van der Waals surface area contributed by atoms with E-state index in [1.807, 2.05) is 0 Å². The smallest absolute Gasteiger partial charge is 0.336 e. The number of carbonyl (C=O) groups excluding carboxylic acids is 1. The summed E-state index contributed by atoms with van der Waals surface area (Å²) in [7, 11) is 0. The lowest BCUT2D eigenvalue weighted by Crippen LogP contribution is -2.50. The predicted octanol–water partition coefficient (Wildman–Crippen LogP) is 1.46. The molecule has 4 rings (SSSR count). The topological polar surface area (TPSA) is 67.5 Å². The Morgan fingerprint density at radius 2 is 1.63 bits per heavy atom. The fraction of sp³-hybridized carbons (Fsp3) is 0.318. The number of hydrogen-bond donors (Lipinski definition) is 0. The highest BCUT2D eigenvalue weighted by Gasteiger charge is 2.23. The summed E-state index contributed by atoms with van der Waals surface area (Å²) in [5.74, 6) is -0.878. The Morgan fingerprint density at radius 3 is 2.33 bits per heavy atom. The van der Waals surface area contributed by atoms with Gasteiger partial charge in [-0.1, -0.05) is 31.2 Å². The molecule has 2 heterocycles. The number of carbonyl (C=O) groups is 1. The van der Waals surface area contributed by atoms with Crippen molar-refractivity contribution in [2.75, 3.05) is 32.7 Å². The van der Waals surface area contributed by atoms with Crippen LogP contribution < -0.4 is 11.2 Å². The van der Waals surface area contributed by atoms with E-state index in [-0.39, 0.29) is 23.5 Å². The molecule has 2 aromatic carbocycles. The van der Waals surface area contributed by atoms with Crippen LogP contribution in [-0.2, 0) is 11.3 Å². The second kappa shape index (κ2) is 8.23. The standard InChI is InChI=1S/C22H23FN4O3/c1-2-24-11-13-25(14-12-24)20(28)15-26-18-9-5-3-7-16(18)21(29)27(22(26)30)19-10-6-4-8-17(19)23/h3-10H,2,11-15H2,1H3. The van der Waals surface area contributed by atoms with Gasteiger partial charge in [-0.15, -0.1) is 0 Å². The van der Waals surface area contributed by atoms with Gasteiger partial charge >= 0.3 is 5.69 Å². The van der Waals surface area contributed by atoms with E-state index < -0.39 is 17.1 Å². The Balaban J connectivity index is 1.80. The summed E-state index contributed by atoms with van der Waals surface area (Å²) < 4.78 is 16.5. The van der Waals surface area contributed by atoms with Crippen molar-refractivity contribution in [3.05, 3.63) is 75.2 Å². The van der Waals surface area contributed by atoms with E-state index in [0.717, 1.165) is 24.2 Å². The molecule has 1 aliphatic heterocycles. The van der Waals surface area contributed by atoms with Gasteiger partial charge in [0.05, 0.1) is 16.6 Å². The van der Waals surface area contributed by atoms with E-state index in [1.54, 1.807) is 35.2 Å². The van der Waals surface area contributed by atoms with Gasteiger partial charge in [0.25, 0.3) is 5.56 Å². The largest absolute Gasteiger partial charge is 0.339 e. The van der Waals surface area contributed by atoms with E-state index in [0.29, 0.717) is 18.6 Å². The molecule has 0 aliphatic carbocycles. The minimum absolute atomic E-state index is 0.129. The zero-order valence-electron chi connectivity index (χ0n) is 16.8. The van der Waals surface area contributed by atoms with Gasteiger partial charge in [0.2, 0.25) is 5.91 Å². The van der Waals surface area contributed by atoms with Gasteiger partial charge in [-0.05, 0) is 30.8 Å². The van der Waals surface area contributed by atoms with Gasteiger partial charge in [-0.3, -0.25) is 14.2 Å². The molecule has 3 aromatic rings. The van der Waals surface area contributed by atoms with Gasteiger partial charge in [0, 0.05) is 26.2 Å². The van der Waals surface area contributed by atoms with Gasteiger partial charge in [-0.25, -0.2) is 13.8 Å². The molecule has 30 heavy (non-hydrogen) atoms. The van der Waals surface area contributed by atoms with Crippen LogP contribution in [0.2, 0.25) is 0 Å². The zero-order chi connectivity index (χ0) is 21.3. The van der Waals surface area contributed by atoms with E-state index in [2.05, 4.69) is 11.8 Å². The lowest BCUT2D eigenvalue weighted by molar-refractivity contribution is -0.133. The van der Waals surface area contributed by atoms with Crippen LogP contribution in [0.5, 0.6) is 0 Å². The van der Waals surface area contributed by atoms with Crippen LogP contribution in [0, 0.1) is 5.82 Å². The van der Waals surface area contributed by atoms with Crippen molar-refractivity contribution in [2.45, 2.75) is 13.5 Å². The molecule has 7 nitrogen and oxygen atoms in total. The van der Waals surface area contributed by atoms with Crippen LogP contribution in [0.4, 0.5) is 4.39 Å². The van der Waals surface area contributed by atoms with Crippen LogP contribution in [-0.4, -0.2) is 57.6 Å². The summed E-state index contributed by atoms with van der Waals surface area (Å²) in [5.41, 5.74) is -1.11. The van der Waals surface area contributed by atoms with Crippen LogP contribution in [0.25, 0.3) is 16.6 Å². The molecule has 0 unspecified atom stereocenters. The number of piperazine rings is 1. The van der Waals surface area contributed by atoms with Crippen molar-refractivity contribution in [3.8, 4) is 5.69 Å². The SMILES string of the molecule is CCN1CCN(C(=O)Cn2c(=O)n(-c3ccccc3F)c(=O)c3ccccc32)CC1. The Morgan fingerprint density at radius 1 is 0.967 bits per heavy atom. The lowest BCUT2D eigenvalue weighted by atomic mass is 10.2. The number of rotatable bonds is 4. The quantitative estimate of drug-likeness (QED) is 0.653. The molecule has 1 fully saturated rings. The van der Waals surface area contributed by atoms with E-state index in [9.17, 15) is 18.8 Å². The minimum atomic E-state index is -0.732. The summed E-state index contributed by atoms with van der Waals surface area (Å²) in [6.45, 7) is 5.55. The van der Waals surface area contributed by atoms with Crippen LogP contribution >= 0.6 is 0 Å². The molecule has 0 N–H and O–H groups in total. The third-order valence-electron chi connectivity index (χ3n) is 5.61. The maximum absolute atomic E-state index is 14.4. The first-order valence-corrected chi connectivity index (χ1v) is 10.0. The van der Waals surface area contributed by atoms with Crippen molar-refractivity contribution >= 4 is 16.8 Å². The molecular weight excluding hydrogens is 387 g/mol. The van der Waals surface area contributed by atoms with E-state index in [1.165, 1.54) is 22.8 Å². The minimum Gasteiger partial charge on any atom is -0.339 e. The highest BCUT2D eigenvalue weighted by molar-refractivity contribution is 5.82. The first-order chi connectivity index (χ1) is 14.5. The zero-order valence-corrected chi connectivity index (χ0v) is 16.8. The lowest BCUT2D eigenvalue weighted by Gasteiger charge is -2.34. The highest BCUT2D eigenvalue weighted by Crippen LogP contribution is 2.13. The van der Waals surface area contributed by atoms with Gasteiger partial charge in [0.15, 0.2) is 0 Å². The number of aromatic nitrogens is 2.